The van der Waals surface area contributed by atoms with Gasteiger partial charge in [-0.25, -0.2) is 9.67 Å². The minimum atomic E-state index is -0.574. The number of benzene rings is 1. The molecule has 8 heteroatoms. The van der Waals surface area contributed by atoms with Gasteiger partial charge in [-0.1, -0.05) is 11.8 Å². The molecule has 0 spiro atoms. The standard InChI is InChI=1S/C10H7N5O2S/c1-14-10(12-6-13-14)18-8-2-3-9(15(16)17)7(4-8)5-11/h2-4,6H,1H3. The molecule has 1 aromatic carbocycles. The number of nitriles is 1. The highest BCUT2D eigenvalue weighted by molar-refractivity contribution is 7.99. The molecule has 0 radical (unpaired) electrons. The van der Waals surface area contributed by atoms with Crippen molar-refractivity contribution in [2.45, 2.75) is 10.1 Å². The molecule has 0 aliphatic carbocycles. The van der Waals surface area contributed by atoms with Gasteiger partial charge in [0.05, 0.1) is 4.92 Å². The summed E-state index contributed by atoms with van der Waals surface area (Å²) in [6.07, 6.45) is 1.42. The minimum absolute atomic E-state index is 0.0344. The summed E-state index contributed by atoms with van der Waals surface area (Å²) in [7, 11) is 1.74. The molecule has 18 heavy (non-hydrogen) atoms. The van der Waals surface area contributed by atoms with Crippen molar-refractivity contribution >= 4 is 17.4 Å². The van der Waals surface area contributed by atoms with Crippen LogP contribution in [-0.4, -0.2) is 19.7 Å². The lowest BCUT2D eigenvalue weighted by Crippen LogP contribution is -1.94. The summed E-state index contributed by atoms with van der Waals surface area (Å²) in [6, 6.07) is 6.18. The van der Waals surface area contributed by atoms with Crippen LogP contribution in [0.3, 0.4) is 0 Å². The van der Waals surface area contributed by atoms with Gasteiger partial charge in [-0.15, -0.1) is 0 Å². The number of hydrogen-bond acceptors (Lipinski definition) is 6. The second-order valence-corrected chi connectivity index (χ2v) is 4.36. The van der Waals surface area contributed by atoms with Crippen molar-refractivity contribution in [3.05, 3.63) is 40.2 Å². The van der Waals surface area contributed by atoms with Gasteiger partial charge >= 0.3 is 0 Å². The highest BCUT2D eigenvalue weighted by Gasteiger charge is 2.14. The van der Waals surface area contributed by atoms with Crippen LogP contribution in [0.1, 0.15) is 5.56 Å². The molecular weight excluding hydrogens is 254 g/mol. The van der Waals surface area contributed by atoms with Gasteiger partial charge in [0.2, 0.25) is 0 Å². The zero-order valence-corrected chi connectivity index (χ0v) is 10.1. The Labute approximate surface area is 106 Å². The first-order valence-electron chi connectivity index (χ1n) is 4.82. The van der Waals surface area contributed by atoms with E-state index in [1.165, 1.54) is 30.2 Å². The van der Waals surface area contributed by atoms with Crippen LogP contribution in [0.5, 0.6) is 0 Å². The summed E-state index contributed by atoms with van der Waals surface area (Å²) in [5.74, 6) is 0. The molecule has 7 nitrogen and oxygen atoms in total. The van der Waals surface area contributed by atoms with Gasteiger partial charge in [-0.2, -0.15) is 10.4 Å². The number of nitro groups is 1. The molecule has 1 heterocycles. The first-order chi connectivity index (χ1) is 8.61. The summed E-state index contributed by atoms with van der Waals surface area (Å²) in [6.45, 7) is 0. The van der Waals surface area contributed by atoms with Gasteiger partial charge in [0.25, 0.3) is 5.69 Å². The molecule has 0 atom stereocenters. The monoisotopic (exact) mass is 261 g/mol. The van der Waals surface area contributed by atoms with E-state index in [-0.39, 0.29) is 11.3 Å². The second kappa shape index (κ2) is 4.85. The molecule has 0 saturated heterocycles. The third kappa shape index (κ3) is 2.31. The largest absolute Gasteiger partial charge is 0.287 e. The maximum atomic E-state index is 10.7. The van der Waals surface area contributed by atoms with E-state index in [0.29, 0.717) is 10.1 Å². The van der Waals surface area contributed by atoms with Crippen molar-refractivity contribution in [2.24, 2.45) is 7.05 Å². The van der Waals surface area contributed by atoms with E-state index in [1.54, 1.807) is 17.8 Å². The van der Waals surface area contributed by atoms with Crippen LogP contribution >= 0.6 is 11.8 Å². The van der Waals surface area contributed by atoms with Gasteiger partial charge in [-0.3, -0.25) is 10.1 Å². The minimum Gasteiger partial charge on any atom is -0.258 e. The third-order valence-corrected chi connectivity index (χ3v) is 3.21. The van der Waals surface area contributed by atoms with Crippen molar-refractivity contribution in [1.82, 2.24) is 14.8 Å². The lowest BCUT2D eigenvalue weighted by atomic mass is 10.2. The average Bonchev–Trinajstić information content (AvgIpc) is 2.74. The molecule has 0 aliphatic rings. The predicted molar refractivity (Wildman–Crippen MR) is 62.9 cm³/mol. The van der Waals surface area contributed by atoms with Crippen molar-refractivity contribution in [2.75, 3.05) is 0 Å². The van der Waals surface area contributed by atoms with Crippen LogP contribution in [0, 0.1) is 21.4 Å². The first-order valence-corrected chi connectivity index (χ1v) is 5.64. The molecule has 0 saturated carbocycles. The first kappa shape index (κ1) is 12.1. The maximum Gasteiger partial charge on any atom is 0.287 e. The summed E-state index contributed by atoms with van der Waals surface area (Å²) in [5.41, 5.74) is -0.160. The van der Waals surface area contributed by atoms with Gasteiger partial charge in [-0.05, 0) is 12.1 Å². The van der Waals surface area contributed by atoms with E-state index in [2.05, 4.69) is 10.1 Å². The zero-order valence-electron chi connectivity index (χ0n) is 9.27. The molecule has 0 unspecified atom stereocenters. The molecule has 0 amide bonds. The Morgan fingerprint density at radius 2 is 2.33 bits per heavy atom. The topological polar surface area (TPSA) is 97.6 Å². The third-order valence-electron chi connectivity index (χ3n) is 2.16. The molecule has 90 valence electrons. The average molecular weight is 261 g/mol. The number of rotatable bonds is 3. The Kier molecular flexibility index (Phi) is 3.25. The fourth-order valence-electron chi connectivity index (χ4n) is 1.31. The molecule has 2 rings (SSSR count). The Balaban J connectivity index is 2.34. The van der Waals surface area contributed by atoms with E-state index in [4.69, 9.17) is 5.26 Å². The molecule has 1 aromatic heterocycles. The highest BCUT2D eigenvalue weighted by Crippen LogP contribution is 2.29. The van der Waals surface area contributed by atoms with E-state index >= 15 is 0 Å². The number of nitrogens with zero attached hydrogens (tertiary/aromatic N) is 5. The SMILES string of the molecule is Cn1ncnc1Sc1ccc([N+](=O)[O-])c(C#N)c1. The van der Waals surface area contributed by atoms with Crippen LogP contribution in [-0.2, 0) is 7.05 Å². The number of aromatic nitrogens is 3. The lowest BCUT2D eigenvalue weighted by Gasteiger charge is -2.01. The van der Waals surface area contributed by atoms with Gasteiger partial charge in [0, 0.05) is 18.0 Å². The van der Waals surface area contributed by atoms with Crippen LogP contribution in [0.2, 0.25) is 0 Å². The lowest BCUT2D eigenvalue weighted by molar-refractivity contribution is -0.385. The molecule has 0 fully saturated rings. The normalized spacial score (nSPS) is 10.0. The number of aryl methyl sites for hydroxylation is 1. The van der Waals surface area contributed by atoms with Crippen LogP contribution in [0.4, 0.5) is 5.69 Å². The van der Waals surface area contributed by atoms with Crippen LogP contribution in [0.15, 0.2) is 34.6 Å². The van der Waals surface area contributed by atoms with Crippen molar-refractivity contribution in [3.63, 3.8) is 0 Å². The Morgan fingerprint density at radius 1 is 1.56 bits per heavy atom. The summed E-state index contributed by atoms with van der Waals surface area (Å²) in [5, 5.41) is 24.1. The second-order valence-electron chi connectivity index (χ2n) is 3.32. The Morgan fingerprint density at radius 3 is 2.89 bits per heavy atom. The van der Waals surface area contributed by atoms with E-state index in [9.17, 15) is 10.1 Å². The highest BCUT2D eigenvalue weighted by atomic mass is 32.2. The predicted octanol–water partition coefficient (Wildman–Crippen LogP) is 1.75. The quantitative estimate of drug-likeness (QED) is 0.616. The van der Waals surface area contributed by atoms with Gasteiger partial charge in [0.15, 0.2) is 5.16 Å². The fraction of sp³-hybridized carbons (Fsp3) is 0.100. The fourth-order valence-corrected chi connectivity index (χ4v) is 2.11. The van der Waals surface area contributed by atoms with E-state index in [0.717, 1.165) is 0 Å². The molecule has 2 aromatic rings. The Hall–Kier alpha value is -2.40. The van der Waals surface area contributed by atoms with Gasteiger partial charge < -0.3 is 0 Å². The van der Waals surface area contributed by atoms with Crippen molar-refractivity contribution < 1.29 is 4.92 Å². The van der Waals surface area contributed by atoms with Crippen LogP contribution < -0.4 is 0 Å². The summed E-state index contributed by atoms with van der Waals surface area (Å²) >= 11 is 1.29. The Bertz CT molecular complexity index is 646. The smallest absolute Gasteiger partial charge is 0.258 e. The van der Waals surface area contributed by atoms with Crippen LogP contribution in [0.25, 0.3) is 0 Å². The van der Waals surface area contributed by atoms with Crippen molar-refractivity contribution in [3.8, 4) is 6.07 Å². The van der Waals surface area contributed by atoms with Crippen molar-refractivity contribution in [1.29, 1.82) is 5.26 Å². The van der Waals surface area contributed by atoms with Gasteiger partial charge in [0.1, 0.15) is 18.0 Å². The van der Waals surface area contributed by atoms with E-state index < -0.39 is 4.92 Å². The molecule has 0 bridgehead atoms. The number of hydrogen-bond donors (Lipinski definition) is 0. The maximum absolute atomic E-state index is 10.7. The number of nitro benzene ring substituents is 1. The summed E-state index contributed by atoms with van der Waals surface area (Å²) < 4.78 is 1.58. The summed E-state index contributed by atoms with van der Waals surface area (Å²) in [4.78, 5) is 14.8. The molecule has 0 N–H and O–H groups in total. The molecular formula is C10H7N5O2S. The zero-order chi connectivity index (χ0) is 13.1. The van der Waals surface area contributed by atoms with E-state index in [1.807, 2.05) is 6.07 Å². The molecule has 0 aliphatic heterocycles.